The molecule has 0 aliphatic heterocycles. The Balaban J connectivity index is 3.98. The third kappa shape index (κ3) is 1.70. The van der Waals surface area contributed by atoms with Crippen LogP contribution >= 0.6 is 0 Å². The van der Waals surface area contributed by atoms with Crippen LogP contribution in [0.4, 0.5) is 0 Å². The van der Waals surface area contributed by atoms with Crippen LogP contribution < -0.4 is 17.2 Å². The standard InChI is InChI=1S/C4H9N3/c1-2-3(5)4(6)7/h2H,1,5-7H2. The zero-order chi connectivity index (χ0) is 5.86. The van der Waals surface area contributed by atoms with Crippen LogP contribution in [-0.2, 0) is 0 Å². The van der Waals surface area contributed by atoms with Crippen LogP contribution in [0.25, 0.3) is 0 Å². The predicted molar refractivity (Wildman–Crippen MR) is 29.8 cm³/mol. The summed E-state index contributed by atoms with van der Waals surface area (Å²) in [5, 5.41) is 0. The first-order valence-electron chi connectivity index (χ1n) is 1.81. The van der Waals surface area contributed by atoms with Gasteiger partial charge in [-0.3, -0.25) is 0 Å². The first-order chi connectivity index (χ1) is 3.18. The summed E-state index contributed by atoms with van der Waals surface area (Å²) >= 11 is 0. The van der Waals surface area contributed by atoms with Gasteiger partial charge in [-0.1, -0.05) is 6.58 Å². The van der Waals surface area contributed by atoms with Gasteiger partial charge in [0.1, 0.15) is 5.82 Å². The zero-order valence-corrected chi connectivity index (χ0v) is 4.02. The molecule has 3 heteroatoms. The minimum Gasteiger partial charge on any atom is -0.396 e. The van der Waals surface area contributed by atoms with E-state index in [0.717, 1.165) is 0 Å². The van der Waals surface area contributed by atoms with Gasteiger partial charge in [-0.25, -0.2) is 0 Å². The summed E-state index contributed by atoms with van der Waals surface area (Å²) in [5.41, 5.74) is 15.5. The van der Waals surface area contributed by atoms with Crippen molar-refractivity contribution in [2.75, 3.05) is 0 Å². The number of allylic oxidation sites excluding steroid dienone is 1. The van der Waals surface area contributed by atoms with Crippen molar-refractivity contribution in [3.05, 3.63) is 24.2 Å². The predicted octanol–water partition coefficient (Wildman–Crippen LogP) is -0.782. The van der Waals surface area contributed by atoms with Crippen LogP contribution in [0, 0.1) is 0 Å². The average Bonchev–Trinajstić information content (AvgIpc) is 1.65. The van der Waals surface area contributed by atoms with E-state index in [2.05, 4.69) is 6.58 Å². The molecule has 0 aromatic heterocycles. The van der Waals surface area contributed by atoms with Crippen molar-refractivity contribution >= 4 is 0 Å². The lowest BCUT2D eigenvalue weighted by Gasteiger charge is -1.91. The first kappa shape index (κ1) is 5.88. The highest BCUT2D eigenvalue weighted by molar-refractivity contribution is 5.15. The van der Waals surface area contributed by atoms with Gasteiger partial charge in [0.25, 0.3) is 0 Å². The van der Waals surface area contributed by atoms with E-state index < -0.39 is 0 Å². The van der Waals surface area contributed by atoms with Crippen molar-refractivity contribution in [3.63, 3.8) is 0 Å². The second-order valence-corrected chi connectivity index (χ2v) is 1.11. The van der Waals surface area contributed by atoms with Crippen molar-refractivity contribution in [2.24, 2.45) is 17.2 Å². The Morgan fingerprint density at radius 3 is 1.71 bits per heavy atom. The van der Waals surface area contributed by atoms with E-state index in [4.69, 9.17) is 17.2 Å². The first-order valence-corrected chi connectivity index (χ1v) is 1.81. The summed E-state index contributed by atoms with van der Waals surface area (Å²) in [6.45, 7) is 3.34. The lowest BCUT2D eigenvalue weighted by atomic mass is 10.4. The smallest absolute Gasteiger partial charge is 0.117 e. The van der Waals surface area contributed by atoms with Gasteiger partial charge < -0.3 is 17.2 Å². The van der Waals surface area contributed by atoms with Gasteiger partial charge in [-0.15, -0.1) is 0 Å². The molecule has 0 heterocycles. The second kappa shape index (κ2) is 2.12. The monoisotopic (exact) mass is 99.1 g/mol. The van der Waals surface area contributed by atoms with Gasteiger partial charge in [-0.2, -0.15) is 0 Å². The minimum atomic E-state index is 0.120. The van der Waals surface area contributed by atoms with Crippen molar-refractivity contribution in [1.82, 2.24) is 0 Å². The Morgan fingerprint density at radius 2 is 1.71 bits per heavy atom. The number of hydrogen-bond donors (Lipinski definition) is 3. The van der Waals surface area contributed by atoms with Gasteiger partial charge in [0.05, 0.1) is 5.70 Å². The van der Waals surface area contributed by atoms with Gasteiger partial charge >= 0.3 is 0 Å². The molecule has 0 radical (unpaired) electrons. The van der Waals surface area contributed by atoms with E-state index >= 15 is 0 Å². The zero-order valence-electron chi connectivity index (χ0n) is 4.02. The lowest BCUT2D eigenvalue weighted by molar-refractivity contribution is 1.17. The summed E-state index contributed by atoms with van der Waals surface area (Å²) in [6, 6.07) is 0. The molecule has 0 aromatic carbocycles. The van der Waals surface area contributed by atoms with Crippen LogP contribution in [-0.4, -0.2) is 0 Å². The van der Waals surface area contributed by atoms with E-state index in [1.165, 1.54) is 6.08 Å². The SMILES string of the molecule is C=CC(N)=C(N)N. The number of rotatable bonds is 1. The molecular weight excluding hydrogens is 90.1 g/mol. The average molecular weight is 99.1 g/mol. The van der Waals surface area contributed by atoms with Crippen LogP contribution in [0.2, 0.25) is 0 Å². The van der Waals surface area contributed by atoms with E-state index in [1.807, 2.05) is 0 Å². The summed E-state index contributed by atoms with van der Waals surface area (Å²) in [7, 11) is 0. The molecule has 0 aliphatic carbocycles. The Morgan fingerprint density at radius 1 is 1.29 bits per heavy atom. The number of nitrogens with two attached hydrogens (primary N) is 3. The summed E-state index contributed by atoms with van der Waals surface area (Å²) in [4.78, 5) is 0. The fourth-order valence-electron chi connectivity index (χ4n) is 0.118. The largest absolute Gasteiger partial charge is 0.396 e. The van der Waals surface area contributed by atoms with E-state index in [0.29, 0.717) is 5.70 Å². The van der Waals surface area contributed by atoms with Crippen LogP contribution in [0.1, 0.15) is 0 Å². The fourth-order valence-corrected chi connectivity index (χ4v) is 0.118. The maximum Gasteiger partial charge on any atom is 0.117 e. The normalized spacial score (nSPS) is 7.43. The van der Waals surface area contributed by atoms with Crippen LogP contribution in [0.15, 0.2) is 24.2 Å². The Kier molecular flexibility index (Phi) is 1.78. The Labute approximate surface area is 42.5 Å². The number of hydrogen-bond acceptors (Lipinski definition) is 3. The molecule has 0 aromatic rings. The molecule has 6 N–H and O–H groups in total. The van der Waals surface area contributed by atoms with Gasteiger partial charge in [0.15, 0.2) is 0 Å². The van der Waals surface area contributed by atoms with Crippen molar-refractivity contribution in [3.8, 4) is 0 Å². The highest BCUT2D eigenvalue weighted by Crippen LogP contribution is 1.80. The van der Waals surface area contributed by atoms with Crippen molar-refractivity contribution < 1.29 is 0 Å². The van der Waals surface area contributed by atoms with E-state index in [9.17, 15) is 0 Å². The Hall–Kier alpha value is -1.12. The second-order valence-electron chi connectivity index (χ2n) is 1.11. The fraction of sp³-hybridized carbons (Fsp3) is 0. The molecule has 0 bridgehead atoms. The molecule has 0 rings (SSSR count). The minimum absolute atomic E-state index is 0.120. The molecule has 40 valence electrons. The molecule has 0 fully saturated rings. The lowest BCUT2D eigenvalue weighted by Crippen LogP contribution is -2.15. The molecule has 0 amide bonds. The van der Waals surface area contributed by atoms with E-state index in [-0.39, 0.29) is 5.82 Å². The molecule has 0 atom stereocenters. The molecule has 7 heavy (non-hydrogen) atoms. The highest BCUT2D eigenvalue weighted by atomic mass is 14.8. The van der Waals surface area contributed by atoms with Gasteiger partial charge in [0.2, 0.25) is 0 Å². The van der Waals surface area contributed by atoms with Gasteiger partial charge in [-0.05, 0) is 6.08 Å². The molecule has 3 nitrogen and oxygen atoms in total. The third-order valence-corrected chi connectivity index (χ3v) is 0.553. The van der Waals surface area contributed by atoms with Crippen molar-refractivity contribution in [1.29, 1.82) is 0 Å². The van der Waals surface area contributed by atoms with Crippen LogP contribution in [0.5, 0.6) is 0 Å². The molecular formula is C4H9N3. The Bertz CT molecular complexity index is 99.5. The molecule has 0 spiro atoms. The molecule has 0 aliphatic rings. The summed E-state index contributed by atoms with van der Waals surface area (Å²) in [6.07, 6.45) is 1.40. The van der Waals surface area contributed by atoms with Crippen LogP contribution in [0.3, 0.4) is 0 Å². The van der Waals surface area contributed by atoms with Gasteiger partial charge in [0, 0.05) is 0 Å². The topological polar surface area (TPSA) is 78.1 Å². The quantitative estimate of drug-likeness (QED) is 0.377. The molecule has 0 unspecified atom stereocenters. The third-order valence-electron chi connectivity index (χ3n) is 0.553. The molecule has 0 saturated heterocycles. The summed E-state index contributed by atoms with van der Waals surface area (Å²) in [5.74, 6) is 0.120. The van der Waals surface area contributed by atoms with Crippen molar-refractivity contribution in [2.45, 2.75) is 0 Å². The highest BCUT2D eigenvalue weighted by Gasteiger charge is 1.81. The maximum absolute atomic E-state index is 5.13. The maximum atomic E-state index is 5.13. The van der Waals surface area contributed by atoms with E-state index in [1.54, 1.807) is 0 Å². The summed E-state index contributed by atoms with van der Waals surface area (Å²) < 4.78 is 0. The molecule has 0 saturated carbocycles.